The van der Waals surface area contributed by atoms with Crippen LogP contribution in [0, 0.1) is 6.92 Å². The predicted molar refractivity (Wildman–Crippen MR) is 109 cm³/mol. The highest BCUT2D eigenvalue weighted by atomic mass is 79.9. The number of allylic oxidation sites excluding steroid dienone is 1. The molecule has 0 radical (unpaired) electrons. The summed E-state index contributed by atoms with van der Waals surface area (Å²) < 4.78 is 1.11. The molecule has 1 aliphatic heterocycles. The number of benzene rings is 2. The Hall–Kier alpha value is -1.87. The maximum absolute atomic E-state index is 4.62. The third kappa shape index (κ3) is 3.18. The molecular formula is C21H23BrN2. The fourth-order valence-electron chi connectivity index (χ4n) is 3.12. The molecule has 2 nitrogen and oxygen atoms in total. The standard InChI is InChI=1S/C21H23BrN2/c1-14-10-17(7-8-19(14)22)23-13-16-6-9-20-18(11-16)15(2)12-21(3,4)24(20)5/h6-13H,1-5H3. The maximum atomic E-state index is 4.62. The number of aryl methyl sites for hydroxylation is 1. The van der Waals surface area contributed by atoms with Crippen molar-refractivity contribution in [2.45, 2.75) is 33.2 Å². The highest BCUT2D eigenvalue weighted by molar-refractivity contribution is 9.10. The van der Waals surface area contributed by atoms with E-state index in [0.717, 1.165) is 15.7 Å². The minimum atomic E-state index is 0.0433. The van der Waals surface area contributed by atoms with E-state index in [-0.39, 0.29) is 5.54 Å². The van der Waals surface area contributed by atoms with Crippen LogP contribution < -0.4 is 4.90 Å². The second-order valence-corrected chi connectivity index (χ2v) is 7.86. The first kappa shape index (κ1) is 17.0. The van der Waals surface area contributed by atoms with Gasteiger partial charge in [-0.15, -0.1) is 0 Å². The minimum absolute atomic E-state index is 0.0433. The van der Waals surface area contributed by atoms with E-state index < -0.39 is 0 Å². The van der Waals surface area contributed by atoms with E-state index in [1.54, 1.807) is 0 Å². The molecule has 0 bridgehead atoms. The minimum Gasteiger partial charge on any atom is -0.366 e. The van der Waals surface area contributed by atoms with Gasteiger partial charge in [0.1, 0.15) is 0 Å². The number of fused-ring (bicyclic) bond motifs is 1. The van der Waals surface area contributed by atoms with Crippen LogP contribution in [-0.2, 0) is 0 Å². The summed E-state index contributed by atoms with van der Waals surface area (Å²) in [6, 6.07) is 12.7. The lowest BCUT2D eigenvalue weighted by molar-refractivity contribution is 0.598. The summed E-state index contributed by atoms with van der Waals surface area (Å²) in [6.07, 6.45) is 4.27. The second kappa shape index (κ2) is 6.21. The van der Waals surface area contributed by atoms with Gasteiger partial charge < -0.3 is 4.90 Å². The van der Waals surface area contributed by atoms with Crippen molar-refractivity contribution in [1.29, 1.82) is 0 Å². The van der Waals surface area contributed by atoms with Crippen LogP contribution in [0.15, 0.2) is 51.9 Å². The molecule has 0 N–H and O–H groups in total. The van der Waals surface area contributed by atoms with E-state index in [2.05, 4.69) is 90.9 Å². The number of likely N-dealkylation sites (N-methyl/N-ethyl adjacent to an activating group) is 1. The summed E-state index contributed by atoms with van der Waals surface area (Å²) >= 11 is 3.53. The molecule has 0 aliphatic carbocycles. The fourth-order valence-corrected chi connectivity index (χ4v) is 3.36. The van der Waals surface area contributed by atoms with Gasteiger partial charge in [0, 0.05) is 29.0 Å². The van der Waals surface area contributed by atoms with Crippen molar-refractivity contribution in [1.82, 2.24) is 0 Å². The summed E-state index contributed by atoms with van der Waals surface area (Å²) in [5.74, 6) is 0. The molecule has 0 amide bonds. The lowest BCUT2D eigenvalue weighted by atomic mass is 9.89. The third-order valence-electron chi connectivity index (χ3n) is 4.75. The SMILES string of the molecule is CC1=CC(C)(C)N(C)c2ccc(C=Nc3ccc(Br)c(C)c3)cc21. The molecule has 2 aromatic carbocycles. The topological polar surface area (TPSA) is 15.6 Å². The van der Waals surface area contributed by atoms with E-state index >= 15 is 0 Å². The van der Waals surface area contributed by atoms with Crippen LogP contribution in [-0.4, -0.2) is 18.8 Å². The van der Waals surface area contributed by atoms with Gasteiger partial charge in [-0.1, -0.05) is 28.1 Å². The van der Waals surface area contributed by atoms with E-state index in [9.17, 15) is 0 Å². The van der Waals surface area contributed by atoms with Crippen LogP contribution >= 0.6 is 15.9 Å². The van der Waals surface area contributed by atoms with Crippen molar-refractivity contribution in [2.75, 3.05) is 11.9 Å². The zero-order chi connectivity index (χ0) is 17.5. The van der Waals surface area contributed by atoms with Crippen LogP contribution in [0.25, 0.3) is 5.57 Å². The van der Waals surface area contributed by atoms with Gasteiger partial charge in [0.25, 0.3) is 0 Å². The van der Waals surface area contributed by atoms with Crippen LogP contribution in [0.1, 0.15) is 37.5 Å². The predicted octanol–water partition coefficient (Wildman–Crippen LogP) is 6.14. The first-order chi connectivity index (χ1) is 11.3. The number of halogens is 1. The van der Waals surface area contributed by atoms with Crippen LogP contribution in [0.2, 0.25) is 0 Å². The molecule has 2 aromatic rings. The first-order valence-electron chi connectivity index (χ1n) is 8.16. The van der Waals surface area contributed by atoms with Gasteiger partial charge >= 0.3 is 0 Å². The van der Waals surface area contributed by atoms with E-state index in [1.807, 2.05) is 18.3 Å². The Morgan fingerprint density at radius 3 is 2.54 bits per heavy atom. The number of rotatable bonds is 2. The molecule has 3 rings (SSSR count). The van der Waals surface area contributed by atoms with Gasteiger partial charge in [-0.3, -0.25) is 4.99 Å². The molecule has 124 valence electrons. The van der Waals surface area contributed by atoms with Crippen molar-refractivity contribution < 1.29 is 0 Å². The number of aliphatic imine (C=N–C) groups is 1. The first-order valence-corrected chi connectivity index (χ1v) is 8.95. The average Bonchev–Trinajstić information content (AvgIpc) is 2.53. The Morgan fingerprint density at radius 2 is 1.83 bits per heavy atom. The third-order valence-corrected chi connectivity index (χ3v) is 5.63. The van der Waals surface area contributed by atoms with E-state index in [0.29, 0.717) is 0 Å². The van der Waals surface area contributed by atoms with Gasteiger partial charge in [-0.2, -0.15) is 0 Å². The van der Waals surface area contributed by atoms with Crippen molar-refractivity contribution in [3.8, 4) is 0 Å². The summed E-state index contributed by atoms with van der Waals surface area (Å²) in [5, 5.41) is 0. The number of hydrogen-bond donors (Lipinski definition) is 0. The summed E-state index contributed by atoms with van der Waals surface area (Å²) in [5.41, 5.74) is 7.21. The molecule has 24 heavy (non-hydrogen) atoms. The van der Waals surface area contributed by atoms with Gasteiger partial charge in [-0.05, 0) is 74.7 Å². The van der Waals surface area contributed by atoms with E-state index in [4.69, 9.17) is 0 Å². The fraction of sp³-hybridized carbons (Fsp3) is 0.286. The number of anilines is 1. The molecule has 0 spiro atoms. The number of hydrogen-bond acceptors (Lipinski definition) is 2. The molecule has 0 saturated heterocycles. The Balaban J connectivity index is 1.93. The van der Waals surface area contributed by atoms with E-state index in [1.165, 1.54) is 22.4 Å². The van der Waals surface area contributed by atoms with Crippen molar-refractivity contribution in [3.63, 3.8) is 0 Å². The number of nitrogens with zero attached hydrogens (tertiary/aromatic N) is 2. The summed E-state index contributed by atoms with van der Waals surface area (Å²) in [7, 11) is 2.15. The molecule has 0 unspecified atom stereocenters. The van der Waals surface area contributed by atoms with Gasteiger partial charge in [0.05, 0.1) is 11.2 Å². The molecule has 0 aromatic heterocycles. The lowest BCUT2D eigenvalue weighted by Gasteiger charge is -2.40. The van der Waals surface area contributed by atoms with Gasteiger partial charge in [0.2, 0.25) is 0 Å². The molecule has 1 aliphatic rings. The van der Waals surface area contributed by atoms with Crippen molar-refractivity contribution in [3.05, 3.63) is 63.6 Å². The summed E-state index contributed by atoms with van der Waals surface area (Å²) in [6.45, 7) is 8.75. The summed E-state index contributed by atoms with van der Waals surface area (Å²) in [4.78, 5) is 6.95. The van der Waals surface area contributed by atoms with Gasteiger partial charge in [-0.25, -0.2) is 0 Å². The molecule has 3 heteroatoms. The monoisotopic (exact) mass is 382 g/mol. The average molecular weight is 383 g/mol. The Morgan fingerprint density at radius 1 is 1.08 bits per heavy atom. The lowest BCUT2D eigenvalue weighted by Crippen LogP contribution is -2.42. The highest BCUT2D eigenvalue weighted by Crippen LogP contribution is 2.38. The Bertz CT molecular complexity index is 847. The molecule has 0 atom stereocenters. The molecule has 0 fully saturated rings. The zero-order valence-electron chi connectivity index (χ0n) is 14.9. The van der Waals surface area contributed by atoms with Gasteiger partial charge in [0.15, 0.2) is 0 Å². The maximum Gasteiger partial charge on any atom is 0.0633 e. The largest absolute Gasteiger partial charge is 0.366 e. The highest BCUT2D eigenvalue weighted by Gasteiger charge is 2.28. The second-order valence-electron chi connectivity index (χ2n) is 7.01. The van der Waals surface area contributed by atoms with Crippen LogP contribution in [0.4, 0.5) is 11.4 Å². The Kier molecular flexibility index (Phi) is 4.39. The molecule has 1 heterocycles. The smallest absolute Gasteiger partial charge is 0.0633 e. The van der Waals surface area contributed by atoms with Crippen molar-refractivity contribution in [2.24, 2.45) is 4.99 Å². The molecule has 0 saturated carbocycles. The molecular weight excluding hydrogens is 360 g/mol. The van der Waals surface area contributed by atoms with Crippen molar-refractivity contribution >= 4 is 39.1 Å². The van der Waals surface area contributed by atoms with Crippen LogP contribution in [0.5, 0.6) is 0 Å². The quantitative estimate of drug-likeness (QED) is 0.569. The Labute approximate surface area is 153 Å². The normalized spacial score (nSPS) is 16.2. The zero-order valence-corrected chi connectivity index (χ0v) is 16.5. The van der Waals surface area contributed by atoms with Crippen LogP contribution in [0.3, 0.4) is 0 Å².